The quantitative estimate of drug-likeness (QED) is 0.543. The van der Waals surface area contributed by atoms with Crippen LogP contribution in [0.25, 0.3) is 10.9 Å². The average Bonchev–Trinajstić information content (AvgIpc) is 3.07. The van der Waals surface area contributed by atoms with Crippen LogP contribution in [-0.2, 0) is 6.54 Å². The second-order valence-corrected chi connectivity index (χ2v) is 9.34. The first-order valence-corrected chi connectivity index (χ1v) is 11.2. The number of hydrogen-bond donors (Lipinski definition) is 2. The summed E-state index contributed by atoms with van der Waals surface area (Å²) in [6, 6.07) is 8.07. The Hall–Kier alpha value is -2.54. The molecule has 3 aromatic rings. The van der Waals surface area contributed by atoms with E-state index in [0.717, 1.165) is 39.5 Å². The van der Waals surface area contributed by atoms with Gasteiger partial charge in [-0.05, 0) is 63.4 Å². The molecule has 0 spiro atoms. The third-order valence-electron chi connectivity index (χ3n) is 6.15. The highest BCUT2D eigenvalue weighted by molar-refractivity contribution is 9.10. The van der Waals surface area contributed by atoms with Gasteiger partial charge in [0.05, 0.1) is 5.52 Å². The van der Waals surface area contributed by atoms with Gasteiger partial charge in [-0.3, -0.25) is 9.59 Å². The van der Waals surface area contributed by atoms with Crippen LogP contribution in [0.15, 0.2) is 39.7 Å². The van der Waals surface area contributed by atoms with Crippen molar-refractivity contribution in [3.63, 3.8) is 0 Å². The van der Waals surface area contributed by atoms with Gasteiger partial charge >= 0.3 is 0 Å². The molecule has 1 aromatic carbocycles. The zero-order chi connectivity index (χ0) is 21.6. The lowest BCUT2D eigenvalue weighted by Crippen LogP contribution is -2.37. The number of nitrogens with two attached hydrogens (primary N) is 1. The predicted octanol–water partition coefficient (Wildman–Crippen LogP) is 4.37. The van der Waals surface area contributed by atoms with Gasteiger partial charge in [-0.2, -0.15) is 0 Å². The van der Waals surface area contributed by atoms with Gasteiger partial charge in [0, 0.05) is 51.4 Å². The van der Waals surface area contributed by atoms with Crippen molar-refractivity contribution in [1.29, 1.82) is 0 Å². The number of carbonyl (C=O) groups excluding carboxylic acids is 1. The van der Waals surface area contributed by atoms with E-state index < -0.39 is 0 Å². The summed E-state index contributed by atoms with van der Waals surface area (Å²) in [6.45, 7) is 6.26. The lowest BCUT2D eigenvalue weighted by atomic mass is 9.82. The van der Waals surface area contributed by atoms with Gasteiger partial charge in [0.1, 0.15) is 0 Å². The number of benzene rings is 1. The summed E-state index contributed by atoms with van der Waals surface area (Å²) in [5, 5.41) is 3.81. The highest BCUT2D eigenvalue weighted by atomic mass is 79.9. The number of halogens is 1. The summed E-state index contributed by atoms with van der Waals surface area (Å²) < 4.78 is 4.23. The molecule has 1 aliphatic carbocycles. The molecule has 4 rings (SSSR count). The molecule has 3 N–H and O–H groups in total. The average molecular weight is 471 g/mol. The normalized spacial score (nSPS) is 14.3. The van der Waals surface area contributed by atoms with Crippen molar-refractivity contribution in [2.75, 3.05) is 5.84 Å². The van der Waals surface area contributed by atoms with Gasteiger partial charge in [-0.25, -0.2) is 4.68 Å². The maximum atomic E-state index is 13.0. The molecule has 0 bridgehead atoms. The minimum atomic E-state index is -0.234. The fourth-order valence-electron chi connectivity index (χ4n) is 4.17. The number of aryl methyl sites for hydroxylation is 1. The van der Waals surface area contributed by atoms with Crippen molar-refractivity contribution in [3.05, 3.63) is 67.7 Å². The van der Waals surface area contributed by atoms with E-state index >= 15 is 0 Å². The van der Waals surface area contributed by atoms with Crippen molar-refractivity contribution in [3.8, 4) is 0 Å². The standard InChI is InChI=1S/C23H27BrN4O2/c1-13(2)27-8-7-17-18(10-16(24)11-21(17)27)22(29)26-12-19-14(3)9-20(15-5-4-6-15)28(25)23(19)30/h7-11,13,15H,4-6,12,25H2,1-3H3,(H,26,29). The number of rotatable bonds is 5. The number of nitrogens with zero attached hydrogens (tertiary/aromatic N) is 2. The Balaban J connectivity index is 1.62. The molecule has 0 atom stereocenters. The fourth-order valence-corrected chi connectivity index (χ4v) is 4.62. The largest absolute Gasteiger partial charge is 0.348 e. The number of hydrogen-bond acceptors (Lipinski definition) is 3. The summed E-state index contributed by atoms with van der Waals surface area (Å²) >= 11 is 3.52. The van der Waals surface area contributed by atoms with Crippen LogP contribution < -0.4 is 16.7 Å². The molecule has 1 saturated carbocycles. The molecule has 2 heterocycles. The minimum Gasteiger partial charge on any atom is -0.348 e. The van der Waals surface area contributed by atoms with Crippen molar-refractivity contribution in [2.45, 2.75) is 58.5 Å². The number of nitrogens with one attached hydrogen (secondary N) is 1. The van der Waals surface area contributed by atoms with Crippen molar-refractivity contribution in [2.24, 2.45) is 0 Å². The van der Waals surface area contributed by atoms with E-state index in [9.17, 15) is 9.59 Å². The van der Waals surface area contributed by atoms with E-state index in [2.05, 4.69) is 39.7 Å². The monoisotopic (exact) mass is 470 g/mol. The van der Waals surface area contributed by atoms with E-state index in [0.29, 0.717) is 17.0 Å². The van der Waals surface area contributed by atoms with E-state index in [1.165, 1.54) is 11.1 Å². The molecular weight excluding hydrogens is 444 g/mol. The van der Waals surface area contributed by atoms with Crippen molar-refractivity contribution < 1.29 is 4.79 Å². The van der Waals surface area contributed by atoms with Crippen LogP contribution in [0.2, 0.25) is 0 Å². The summed E-state index contributed by atoms with van der Waals surface area (Å²) in [4.78, 5) is 25.8. The number of nitrogen functional groups attached to an aromatic ring is 1. The highest BCUT2D eigenvalue weighted by Gasteiger charge is 2.24. The zero-order valence-corrected chi connectivity index (χ0v) is 19.1. The first-order chi connectivity index (χ1) is 14.3. The number of amides is 1. The highest BCUT2D eigenvalue weighted by Crippen LogP contribution is 2.35. The van der Waals surface area contributed by atoms with E-state index in [1.807, 2.05) is 37.4 Å². The van der Waals surface area contributed by atoms with Gasteiger partial charge in [0.25, 0.3) is 11.5 Å². The molecule has 0 aliphatic heterocycles. The second-order valence-electron chi connectivity index (χ2n) is 8.42. The number of pyridine rings is 1. The predicted molar refractivity (Wildman–Crippen MR) is 123 cm³/mol. The molecule has 6 nitrogen and oxygen atoms in total. The summed E-state index contributed by atoms with van der Waals surface area (Å²) in [7, 11) is 0. The molecule has 30 heavy (non-hydrogen) atoms. The summed E-state index contributed by atoms with van der Waals surface area (Å²) in [5.41, 5.74) is 3.63. The molecule has 0 radical (unpaired) electrons. The van der Waals surface area contributed by atoms with Gasteiger partial charge in [-0.1, -0.05) is 22.4 Å². The topological polar surface area (TPSA) is 82.1 Å². The van der Waals surface area contributed by atoms with Crippen LogP contribution >= 0.6 is 15.9 Å². The fraction of sp³-hybridized carbons (Fsp3) is 0.391. The Labute approximate surface area is 184 Å². The molecule has 1 aliphatic rings. The van der Waals surface area contributed by atoms with Crippen LogP contribution in [0, 0.1) is 6.92 Å². The third-order valence-corrected chi connectivity index (χ3v) is 6.61. The molecule has 0 saturated heterocycles. The first kappa shape index (κ1) is 20.7. The van der Waals surface area contributed by atoms with Gasteiger partial charge in [0.15, 0.2) is 0 Å². The number of fused-ring (bicyclic) bond motifs is 1. The van der Waals surface area contributed by atoms with E-state index in [-0.39, 0.29) is 24.1 Å². The number of carbonyl (C=O) groups is 1. The van der Waals surface area contributed by atoms with Crippen LogP contribution in [0.5, 0.6) is 0 Å². The Morgan fingerprint density at radius 1 is 1.30 bits per heavy atom. The van der Waals surface area contributed by atoms with E-state index in [1.54, 1.807) is 0 Å². The molecule has 1 fully saturated rings. The molecule has 1 amide bonds. The van der Waals surface area contributed by atoms with Gasteiger partial charge < -0.3 is 15.7 Å². The Kier molecular flexibility index (Phi) is 5.49. The van der Waals surface area contributed by atoms with Crippen molar-refractivity contribution >= 4 is 32.7 Å². The lowest BCUT2D eigenvalue weighted by Gasteiger charge is -2.28. The Morgan fingerprint density at radius 3 is 2.67 bits per heavy atom. The van der Waals surface area contributed by atoms with Crippen LogP contribution in [0.1, 0.15) is 72.2 Å². The van der Waals surface area contributed by atoms with Crippen LogP contribution in [0.3, 0.4) is 0 Å². The molecular formula is C23H27BrN4O2. The van der Waals surface area contributed by atoms with Crippen molar-refractivity contribution in [1.82, 2.24) is 14.6 Å². The van der Waals surface area contributed by atoms with Crippen LogP contribution in [-0.4, -0.2) is 15.2 Å². The second kappa shape index (κ2) is 7.95. The van der Waals surface area contributed by atoms with E-state index in [4.69, 9.17) is 5.84 Å². The molecule has 7 heteroatoms. The number of aromatic nitrogens is 2. The lowest BCUT2D eigenvalue weighted by molar-refractivity contribution is 0.0952. The molecule has 2 aromatic heterocycles. The Morgan fingerprint density at radius 2 is 2.03 bits per heavy atom. The maximum Gasteiger partial charge on any atom is 0.274 e. The zero-order valence-electron chi connectivity index (χ0n) is 17.5. The minimum absolute atomic E-state index is 0.143. The third kappa shape index (κ3) is 3.55. The van der Waals surface area contributed by atoms with Gasteiger partial charge in [-0.15, -0.1) is 0 Å². The molecule has 158 valence electrons. The summed E-state index contributed by atoms with van der Waals surface area (Å²) in [5.74, 6) is 6.24. The Bertz CT molecular complexity index is 1190. The maximum absolute atomic E-state index is 13.0. The summed E-state index contributed by atoms with van der Waals surface area (Å²) in [6.07, 6.45) is 5.31. The first-order valence-electron chi connectivity index (χ1n) is 10.4. The SMILES string of the molecule is Cc1cc(C2CCC2)n(N)c(=O)c1CNC(=O)c1cc(Br)cc2c1ccn2C(C)C. The smallest absolute Gasteiger partial charge is 0.274 e. The molecule has 0 unspecified atom stereocenters. The van der Waals surface area contributed by atoms with Gasteiger partial charge in [0.2, 0.25) is 0 Å². The van der Waals surface area contributed by atoms with Crippen LogP contribution in [0.4, 0.5) is 0 Å².